The first-order valence-corrected chi connectivity index (χ1v) is 16.6. The summed E-state index contributed by atoms with van der Waals surface area (Å²) >= 11 is 0. The van der Waals surface area contributed by atoms with Crippen molar-refractivity contribution < 1.29 is 0 Å². The molecule has 0 amide bonds. The molecule has 0 N–H and O–H groups in total. The van der Waals surface area contributed by atoms with Gasteiger partial charge in [0.05, 0.1) is 11.5 Å². The number of unbranched alkanes of at least 4 members (excludes halogenated alkanes) is 9. The van der Waals surface area contributed by atoms with Crippen LogP contribution in [0.25, 0.3) is 0 Å². The van der Waals surface area contributed by atoms with Gasteiger partial charge in [-0.1, -0.05) is 123 Å². The maximum atomic E-state index is 10.3. The normalized spacial score (nSPS) is 33.9. The fourth-order valence-electron chi connectivity index (χ4n) is 8.44. The fraction of sp³-hybridized carbons (Fsp3) is 0.971. The van der Waals surface area contributed by atoms with Crippen molar-refractivity contribution in [3.63, 3.8) is 0 Å². The summed E-state index contributed by atoms with van der Waals surface area (Å²) in [6.45, 7) is 4.62. The fourth-order valence-corrected chi connectivity index (χ4v) is 8.44. The molecular weight excluding hydrogens is 422 g/mol. The summed E-state index contributed by atoms with van der Waals surface area (Å²) in [4.78, 5) is 0. The van der Waals surface area contributed by atoms with E-state index in [1.165, 1.54) is 161 Å². The van der Waals surface area contributed by atoms with E-state index in [0.29, 0.717) is 5.92 Å². The van der Waals surface area contributed by atoms with Crippen LogP contribution in [-0.4, -0.2) is 0 Å². The first-order valence-electron chi connectivity index (χ1n) is 16.6. The molecule has 0 heterocycles. The van der Waals surface area contributed by atoms with Crippen molar-refractivity contribution in [3.05, 3.63) is 0 Å². The van der Waals surface area contributed by atoms with Gasteiger partial charge in [0.15, 0.2) is 0 Å². The van der Waals surface area contributed by atoms with E-state index in [9.17, 15) is 5.26 Å². The molecule has 0 saturated heterocycles. The number of rotatable bonds is 15. The highest BCUT2D eigenvalue weighted by Gasteiger charge is 2.44. The Morgan fingerprint density at radius 2 is 0.971 bits per heavy atom. The minimum absolute atomic E-state index is 0.0390. The van der Waals surface area contributed by atoms with E-state index in [-0.39, 0.29) is 5.41 Å². The number of nitriles is 1. The van der Waals surface area contributed by atoms with Crippen molar-refractivity contribution in [3.8, 4) is 6.07 Å². The summed E-state index contributed by atoms with van der Waals surface area (Å²) in [5.74, 6) is 4.62. The Hall–Kier alpha value is -0.510. The Morgan fingerprint density at radius 1 is 0.543 bits per heavy atom. The predicted molar refractivity (Wildman–Crippen MR) is 152 cm³/mol. The molecule has 1 heteroatoms. The second kappa shape index (κ2) is 16.4. The van der Waals surface area contributed by atoms with Crippen molar-refractivity contribution >= 4 is 0 Å². The topological polar surface area (TPSA) is 23.8 Å². The highest BCUT2D eigenvalue weighted by atomic mass is 14.5. The van der Waals surface area contributed by atoms with Crippen molar-refractivity contribution in [2.75, 3.05) is 0 Å². The zero-order valence-electron chi connectivity index (χ0n) is 24.0. The number of hydrogen-bond donors (Lipinski definition) is 0. The maximum Gasteiger partial charge on any atom is 0.0692 e. The molecule has 3 aliphatic carbocycles. The van der Waals surface area contributed by atoms with E-state index in [1.807, 2.05) is 0 Å². The molecule has 3 fully saturated rings. The summed E-state index contributed by atoms with van der Waals surface area (Å²) in [6, 6.07) is 2.94. The average Bonchev–Trinajstić information content (AvgIpc) is 2.91. The van der Waals surface area contributed by atoms with Gasteiger partial charge in [0, 0.05) is 0 Å². The zero-order chi connectivity index (χ0) is 24.8. The molecule has 202 valence electrons. The molecule has 3 aliphatic rings. The molecule has 0 aliphatic heterocycles. The van der Waals surface area contributed by atoms with E-state index >= 15 is 0 Å². The van der Waals surface area contributed by atoms with Gasteiger partial charge in [-0.3, -0.25) is 0 Å². The van der Waals surface area contributed by atoms with Crippen LogP contribution in [0.3, 0.4) is 0 Å². The number of nitrogens with zero attached hydrogens (tertiary/aromatic N) is 1. The third kappa shape index (κ3) is 9.38. The molecule has 1 nitrogen and oxygen atoms in total. The minimum atomic E-state index is 0.0390. The van der Waals surface area contributed by atoms with Crippen molar-refractivity contribution in [2.24, 2.45) is 35.0 Å². The smallest absolute Gasteiger partial charge is 0.0692 e. The van der Waals surface area contributed by atoms with Gasteiger partial charge in [0.1, 0.15) is 0 Å². The lowest BCUT2D eigenvalue weighted by Crippen LogP contribution is -2.38. The molecule has 0 unspecified atom stereocenters. The number of hydrogen-bond acceptors (Lipinski definition) is 1. The van der Waals surface area contributed by atoms with Crippen LogP contribution in [0.15, 0.2) is 0 Å². The highest BCUT2D eigenvalue weighted by Crippen LogP contribution is 2.53. The van der Waals surface area contributed by atoms with Gasteiger partial charge >= 0.3 is 0 Å². The van der Waals surface area contributed by atoms with Crippen LogP contribution in [0.1, 0.15) is 174 Å². The summed E-state index contributed by atoms with van der Waals surface area (Å²) in [5.41, 5.74) is 0.0390. The van der Waals surface area contributed by atoms with Gasteiger partial charge in [-0.25, -0.2) is 0 Å². The quantitative estimate of drug-likeness (QED) is 0.212. The van der Waals surface area contributed by atoms with Gasteiger partial charge in [-0.2, -0.15) is 5.26 Å². The van der Waals surface area contributed by atoms with Gasteiger partial charge < -0.3 is 0 Å². The molecule has 0 spiro atoms. The molecule has 3 rings (SSSR count). The summed E-state index contributed by atoms with van der Waals surface area (Å²) < 4.78 is 0. The Labute approximate surface area is 220 Å². The highest BCUT2D eigenvalue weighted by molar-refractivity contribution is 5.06. The molecule has 0 radical (unpaired) electrons. The van der Waals surface area contributed by atoms with Crippen LogP contribution in [0, 0.1) is 46.3 Å². The lowest BCUT2D eigenvalue weighted by molar-refractivity contribution is 0.0601. The SMILES string of the molecule is CCCCCCCCC1CCC([C@]2(C#N)CC[C@@H](C3CCC(CCCCCCC)CC3)CC2)CC1. The van der Waals surface area contributed by atoms with Gasteiger partial charge in [0.2, 0.25) is 0 Å². The van der Waals surface area contributed by atoms with Crippen molar-refractivity contribution in [2.45, 2.75) is 174 Å². The summed E-state index contributed by atoms with van der Waals surface area (Å²) in [6.07, 6.45) is 35.4. The molecular formula is C34H61N. The summed E-state index contributed by atoms with van der Waals surface area (Å²) in [7, 11) is 0. The lowest BCUT2D eigenvalue weighted by atomic mass is 9.57. The first-order chi connectivity index (χ1) is 17.2. The molecule has 0 bridgehead atoms. The minimum Gasteiger partial charge on any atom is -0.198 e. The molecule has 0 aromatic heterocycles. The van der Waals surface area contributed by atoms with E-state index in [0.717, 1.165) is 23.7 Å². The van der Waals surface area contributed by atoms with E-state index in [1.54, 1.807) is 0 Å². The monoisotopic (exact) mass is 483 g/mol. The third-order valence-electron chi connectivity index (χ3n) is 11.0. The molecule has 35 heavy (non-hydrogen) atoms. The Bertz CT molecular complexity index is 564. The second-order valence-corrected chi connectivity index (χ2v) is 13.4. The Balaban J connectivity index is 1.31. The zero-order valence-corrected chi connectivity index (χ0v) is 24.0. The van der Waals surface area contributed by atoms with Crippen LogP contribution in [0.5, 0.6) is 0 Å². The van der Waals surface area contributed by atoms with Crippen LogP contribution < -0.4 is 0 Å². The average molecular weight is 484 g/mol. The van der Waals surface area contributed by atoms with Gasteiger partial charge in [-0.15, -0.1) is 0 Å². The summed E-state index contributed by atoms with van der Waals surface area (Å²) in [5, 5.41) is 10.3. The first kappa shape index (κ1) is 29.1. The van der Waals surface area contributed by atoms with Crippen LogP contribution in [-0.2, 0) is 0 Å². The molecule has 0 aromatic rings. The van der Waals surface area contributed by atoms with Gasteiger partial charge in [0.25, 0.3) is 0 Å². The standard InChI is InChI=1S/C34H61N/c1-3-5-7-9-11-13-15-30-18-22-33(23-19-30)34(28-35)26-24-32(25-27-34)31-20-16-29(17-21-31)14-12-10-8-6-4-2/h29-33H,3-27H2,1-2H3/t29?,30?,31?,32-,33?,34-. The van der Waals surface area contributed by atoms with Gasteiger partial charge in [-0.05, 0) is 81.0 Å². The Kier molecular flexibility index (Phi) is 13.6. The van der Waals surface area contributed by atoms with E-state index in [4.69, 9.17) is 0 Å². The largest absolute Gasteiger partial charge is 0.198 e. The molecule has 3 saturated carbocycles. The van der Waals surface area contributed by atoms with Crippen molar-refractivity contribution in [1.82, 2.24) is 0 Å². The Morgan fingerprint density at radius 3 is 1.46 bits per heavy atom. The predicted octanol–water partition coefficient (Wildman–Crippen LogP) is 11.4. The second-order valence-electron chi connectivity index (χ2n) is 13.4. The third-order valence-corrected chi connectivity index (χ3v) is 11.0. The van der Waals surface area contributed by atoms with Crippen LogP contribution >= 0.6 is 0 Å². The van der Waals surface area contributed by atoms with E-state index < -0.39 is 0 Å². The van der Waals surface area contributed by atoms with Crippen molar-refractivity contribution in [1.29, 1.82) is 5.26 Å². The lowest BCUT2D eigenvalue weighted by Gasteiger charge is -2.46. The van der Waals surface area contributed by atoms with Crippen LogP contribution in [0.4, 0.5) is 0 Å². The molecule has 0 atom stereocenters. The van der Waals surface area contributed by atoms with Crippen LogP contribution in [0.2, 0.25) is 0 Å². The maximum absolute atomic E-state index is 10.3. The van der Waals surface area contributed by atoms with E-state index in [2.05, 4.69) is 19.9 Å². The molecule has 0 aromatic carbocycles.